The zero-order valence-electron chi connectivity index (χ0n) is 7.60. The lowest BCUT2D eigenvalue weighted by Crippen LogP contribution is -2.12. The van der Waals surface area contributed by atoms with Gasteiger partial charge in [0.1, 0.15) is 11.5 Å². The first-order valence-electron chi connectivity index (χ1n) is 4.17. The largest absolute Gasteiger partial charge is 0.364 e. The van der Waals surface area contributed by atoms with Crippen LogP contribution >= 0.6 is 0 Å². The number of benzene rings is 1. The monoisotopic (exact) mass is 192 g/mol. The van der Waals surface area contributed by atoms with Crippen LogP contribution in [0.25, 0.3) is 10.9 Å². The molecule has 0 aliphatic heterocycles. The lowest BCUT2D eigenvalue weighted by atomic mass is 10.1. The molecular formula is C10H9FN2O. The van der Waals surface area contributed by atoms with Gasteiger partial charge in [-0.05, 0) is 30.7 Å². The number of carbonyl (C=O) groups excluding carboxylic acids is 1. The van der Waals surface area contributed by atoms with Crippen molar-refractivity contribution in [1.29, 1.82) is 0 Å². The van der Waals surface area contributed by atoms with Gasteiger partial charge in [0.25, 0.3) is 5.91 Å². The van der Waals surface area contributed by atoms with Gasteiger partial charge < -0.3 is 10.7 Å². The molecule has 1 aromatic heterocycles. The first kappa shape index (κ1) is 8.74. The number of aromatic amines is 1. The minimum Gasteiger partial charge on any atom is -0.364 e. The van der Waals surface area contributed by atoms with Crippen molar-refractivity contribution in [2.75, 3.05) is 0 Å². The van der Waals surface area contributed by atoms with E-state index in [-0.39, 0.29) is 5.82 Å². The molecule has 0 radical (unpaired) electrons. The molecule has 1 aromatic carbocycles. The van der Waals surface area contributed by atoms with Gasteiger partial charge in [0, 0.05) is 10.9 Å². The van der Waals surface area contributed by atoms with E-state index in [1.807, 2.05) is 0 Å². The summed E-state index contributed by atoms with van der Waals surface area (Å²) in [5.74, 6) is -0.852. The number of hydrogen-bond donors (Lipinski definition) is 2. The third-order valence-corrected chi connectivity index (χ3v) is 2.27. The van der Waals surface area contributed by atoms with E-state index in [9.17, 15) is 9.18 Å². The smallest absolute Gasteiger partial charge is 0.265 e. The maximum atomic E-state index is 12.9. The number of aromatic nitrogens is 1. The van der Waals surface area contributed by atoms with Crippen LogP contribution < -0.4 is 5.73 Å². The van der Waals surface area contributed by atoms with Crippen LogP contribution in [0, 0.1) is 12.7 Å². The number of hydrogen-bond acceptors (Lipinski definition) is 1. The summed E-state index contributed by atoms with van der Waals surface area (Å²) in [5.41, 5.74) is 6.90. The van der Waals surface area contributed by atoms with Crippen LogP contribution in [0.5, 0.6) is 0 Å². The quantitative estimate of drug-likeness (QED) is 0.710. The van der Waals surface area contributed by atoms with Crippen LogP contribution in [0.3, 0.4) is 0 Å². The summed E-state index contributed by atoms with van der Waals surface area (Å²) in [5, 5.41) is 0.693. The summed E-state index contributed by atoms with van der Waals surface area (Å²) in [4.78, 5) is 13.8. The van der Waals surface area contributed by atoms with E-state index >= 15 is 0 Å². The van der Waals surface area contributed by atoms with E-state index in [0.717, 1.165) is 5.52 Å². The molecule has 0 fully saturated rings. The Balaban J connectivity index is 2.80. The average molecular weight is 192 g/mol. The van der Waals surface area contributed by atoms with Crippen molar-refractivity contribution in [2.24, 2.45) is 5.73 Å². The molecule has 0 aliphatic carbocycles. The second-order valence-electron chi connectivity index (χ2n) is 3.18. The topological polar surface area (TPSA) is 58.9 Å². The number of fused-ring (bicyclic) bond motifs is 1. The molecule has 0 spiro atoms. The molecule has 2 rings (SSSR count). The standard InChI is InChI=1S/C10H9FN2O/c1-5-7-4-6(11)2-3-8(7)13-9(5)10(12)14/h2-4,13H,1H3,(H2,12,14). The number of halogens is 1. The Bertz CT molecular complexity index is 516. The second kappa shape index (κ2) is 2.83. The lowest BCUT2D eigenvalue weighted by molar-refractivity contribution is 0.0996. The molecule has 1 heterocycles. The Labute approximate surface area is 79.7 Å². The first-order chi connectivity index (χ1) is 6.59. The number of nitrogens with two attached hydrogens (primary N) is 1. The molecule has 0 bridgehead atoms. The summed E-state index contributed by atoms with van der Waals surface area (Å²) in [6.45, 7) is 1.73. The van der Waals surface area contributed by atoms with Gasteiger partial charge in [-0.15, -0.1) is 0 Å². The SMILES string of the molecule is Cc1c(C(N)=O)[nH]c2ccc(F)cc12. The molecule has 0 aliphatic rings. The summed E-state index contributed by atoms with van der Waals surface area (Å²) >= 11 is 0. The summed E-state index contributed by atoms with van der Waals surface area (Å²) in [6, 6.07) is 4.31. The highest BCUT2D eigenvalue weighted by Crippen LogP contribution is 2.21. The van der Waals surface area contributed by atoms with Crippen molar-refractivity contribution in [2.45, 2.75) is 6.92 Å². The molecule has 1 amide bonds. The Morgan fingerprint density at radius 2 is 2.21 bits per heavy atom. The fraction of sp³-hybridized carbons (Fsp3) is 0.100. The molecule has 2 aromatic rings. The van der Waals surface area contributed by atoms with Gasteiger partial charge in [-0.1, -0.05) is 0 Å². The number of amides is 1. The van der Waals surface area contributed by atoms with E-state index in [1.165, 1.54) is 12.1 Å². The predicted octanol–water partition coefficient (Wildman–Crippen LogP) is 1.71. The zero-order valence-corrected chi connectivity index (χ0v) is 7.60. The molecule has 0 saturated carbocycles. The minimum atomic E-state index is -0.529. The number of rotatable bonds is 1. The number of nitrogens with one attached hydrogen (secondary N) is 1. The summed E-state index contributed by atoms with van der Waals surface area (Å²) < 4.78 is 12.9. The van der Waals surface area contributed by atoms with Crippen LogP contribution in [0.2, 0.25) is 0 Å². The van der Waals surface area contributed by atoms with Crippen molar-refractivity contribution in [3.63, 3.8) is 0 Å². The molecule has 0 unspecified atom stereocenters. The van der Waals surface area contributed by atoms with E-state index in [0.29, 0.717) is 16.6 Å². The van der Waals surface area contributed by atoms with E-state index in [1.54, 1.807) is 13.0 Å². The van der Waals surface area contributed by atoms with Gasteiger partial charge in [-0.3, -0.25) is 4.79 Å². The van der Waals surface area contributed by atoms with Crippen molar-refractivity contribution < 1.29 is 9.18 Å². The average Bonchev–Trinajstić information content (AvgIpc) is 2.44. The van der Waals surface area contributed by atoms with Gasteiger partial charge in [0.05, 0.1) is 0 Å². The Morgan fingerprint density at radius 3 is 2.86 bits per heavy atom. The zero-order chi connectivity index (χ0) is 10.3. The van der Waals surface area contributed by atoms with E-state index in [4.69, 9.17) is 5.73 Å². The van der Waals surface area contributed by atoms with E-state index < -0.39 is 5.91 Å². The third-order valence-electron chi connectivity index (χ3n) is 2.27. The highest BCUT2D eigenvalue weighted by Gasteiger charge is 2.11. The molecule has 72 valence electrons. The first-order valence-corrected chi connectivity index (χ1v) is 4.17. The number of aryl methyl sites for hydroxylation is 1. The highest BCUT2D eigenvalue weighted by atomic mass is 19.1. The van der Waals surface area contributed by atoms with Gasteiger partial charge >= 0.3 is 0 Å². The van der Waals surface area contributed by atoms with E-state index in [2.05, 4.69) is 4.98 Å². The maximum Gasteiger partial charge on any atom is 0.265 e. The number of H-pyrrole nitrogens is 1. The molecule has 4 heteroatoms. The van der Waals surface area contributed by atoms with Crippen LogP contribution in [0.4, 0.5) is 4.39 Å². The molecule has 14 heavy (non-hydrogen) atoms. The van der Waals surface area contributed by atoms with Gasteiger partial charge in [0.15, 0.2) is 0 Å². The maximum absolute atomic E-state index is 12.9. The van der Waals surface area contributed by atoms with Gasteiger partial charge in [0.2, 0.25) is 0 Å². The summed E-state index contributed by atoms with van der Waals surface area (Å²) in [6.07, 6.45) is 0. The normalized spacial score (nSPS) is 10.7. The van der Waals surface area contributed by atoms with Crippen molar-refractivity contribution in [1.82, 2.24) is 4.98 Å². The van der Waals surface area contributed by atoms with Crippen molar-refractivity contribution in [3.05, 3.63) is 35.3 Å². The second-order valence-corrected chi connectivity index (χ2v) is 3.18. The van der Waals surface area contributed by atoms with Crippen LogP contribution in [-0.2, 0) is 0 Å². The third kappa shape index (κ3) is 1.16. The van der Waals surface area contributed by atoms with Crippen LogP contribution in [0.15, 0.2) is 18.2 Å². The molecule has 3 nitrogen and oxygen atoms in total. The highest BCUT2D eigenvalue weighted by molar-refractivity contribution is 5.99. The van der Waals surface area contributed by atoms with Crippen molar-refractivity contribution >= 4 is 16.8 Å². The predicted molar refractivity (Wildman–Crippen MR) is 51.5 cm³/mol. The lowest BCUT2D eigenvalue weighted by Gasteiger charge is -1.91. The fourth-order valence-corrected chi connectivity index (χ4v) is 1.55. The van der Waals surface area contributed by atoms with Crippen LogP contribution in [-0.4, -0.2) is 10.9 Å². The van der Waals surface area contributed by atoms with Crippen LogP contribution in [0.1, 0.15) is 16.1 Å². The van der Waals surface area contributed by atoms with Gasteiger partial charge in [-0.2, -0.15) is 0 Å². The number of primary amides is 1. The molecular weight excluding hydrogens is 183 g/mol. The fourth-order valence-electron chi connectivity index (χ4n) is 1.55. The Morgan fingerprint density at radius 1 is 1.50 bits per heavy atom. The minimum absolute atomic E-state index is 0.323. The summed E-state index contributed by atoms with van der Waals surface area (Å²) in [7, 11) is 0. The van der Waals surface area contributed by atoms with Crippen molar-refractivity contribution in [3.8, 4) is 0 Å². The molecule has 0 atom stereocenters. The molecule has 0 saturated heterocycles. The van der Waals surface area contributed by atoms with Gasteiger partial charge in [-0.25, -0.2) is 4.39 Å². The molecule has 3 N–H and O–H groups in total. The Hall–Kier alpha value is -1.84. The number of carbonyl (C=O) groups is 1. The Kier molecular flexibility index (Phi) is 1.77.